The molecule has 0 bridgehead atoms. The molecule has 0 fully saturated rings. The van der Waals surface area contributed by atoms with Crippen molar-refractivity contribution in [1.29, 1.82) is 0 Å². The molecule has 0 spiro atoms. The SMILES string of the molecule is O=C(O)CC(CSCP(=O)(O)O)C(=O)O. The lowest BCUT2D eigenvalue weighted by Gasteiger charge is -2.09. The van der Waals surface area contributed by atoms with Crippen LogP contribution < -0.4 is 0 Å². The van der Waals surface area contributed by atoms with Crippen LogP contribution in [-0.4, -0.2) is 43.2 Å². The van der Waals surface area contributed by atoms with Gasteiger partial charge in [0.1, 0.15) is 0 Å². The first kappa shape index (κ1) is 14.4. The summed E-state index contributed by atoms with van der Waals surface area (Å²) in [7, 11) is -4.16. The van der Waals surface area contributed by atoms with Gasteiger partial charge in [0.15, 0.2) is 0 Å². The first-order valence-electron chi connectivity index (χ1n) is 3.79. The Bertz CT molecular complexity index is 285. The molecule has 88 valence electrons. The lowest BCUT2D eigenvalue weighted by Crippen LogP contribution is -2.20. The molecular formula is C6H11O7PS. The largest absolute Gasteiger partial charge is 0.481 e. The zero-order chi connectivity index (χ0) is 12.1. The minimum atomic E-state index is -4.16. The van der Waals surface area contributed by atoms with E-state index >= 15 is 0 Å². The van der Waals surface area contributed by atoms with Crippen LogP contribution in [0.1, 0.15) is 6.42 Å². The van der Waals surface area contributed by atoms with Crippen molar-refractivity contribution in [2.45, 2.75) is 6.42 Å². The van der Waals surface area contributed by atoms with E-state index in [0.717, 1.165) is 11.8 Å². The van der Waals surface area contributed by atoms with Gasteiger partial charge in [-0.3, -0.25) is 14.2 Å². The Morgan fingerprint density at radius 3 is 2.13 bits per heavy atom. The van der Waals surface area contributed by atoms with Gasteiger partial charge in [0.25, 0.3) is 0 Å². The number of hydrogen-bond donors (Lipinski definition) is 4. The van der Waals surface area contributed by atoms with E-state index in [2.05, 4.69) is 0 Å². The average molecular weight is 258 g/mol. The van der Waals surface area contributed by atoms with E-state index < -0.39 is 37.4 Å². The maximum atomic E-state index is 10.5. The van der Waals surface area contributed by atoms with Gasteiger partial charge in [-0.1, -0.05) is 0 Å². The van der Waals surface area contributed by atoms with Crippen molar-refractivity contribution >= 4 is 31.3 Å². The van der Waals surface area contributed by atoms with Crippen molar-refractivity contribution in [1.82, 2.24) is 0 Å². The minimum absolute atomic E-state index is 0.132. The van der Waals surface area contributed by atoms with Crippen LogP contribution in [0, 0.1) is 5.92 Å². The molecule has 15 heavy (non-hydrogen) atoms. The molecule has 0 heterocycles. The van der Waals surface area contributed by atoms with Gasteiger partial charge in [-0.25, -0.2) is 0 Å². The molecule has 9 heteroatoms. The summed E-state index contributed by atoms with van der Waals surface area (Å²) in [6.07, 6.45) is -0.552. The van der Waals surface area contributed by atoms with Crippen LogP contribution in [0.2, 0.25) is 0 Å². The van der Waals surface area contributed by atoms with E-state index in [1.807, 2.05) is 0 Å². The number of carboxylic acids is 2. The van der Waals surface area contributed by atoms with E-state index in [1.54, 1.807) is 0 Å². The molecule has 0 aromatic rings. The molecule has 4 N–H and O–H groups in total. The number of hydrogen-bond acceptors (Lipinski definition) is 4. The lowest BCUT2D eigenvalue weighted by molar-refractivity contribution is -0.147. The third-order valence-corrected chi connectivity index (χ3v) is 4.06. The molecule has 0 aromatic heterocycles. The molecule has 0 rings (SSSR count). The summed E-state index contributed by atoms with van der Waals surface area (Å²) in [6.45, 7) is 0. The van der Waals surface area contributed by atoms with Crippen molar-refractivity contribution < 1.29 is 34.2 Å². The Morgan fingerprint density at radius 1 is 1.27 bits per heavy atom. The van der Waals surface area contributed by atoms with Crippen LogP contribution >= 0.6 is 19.4 Å². The van der Waals surface area contributed by atoms with Crippen molar-refractivity contribution in [3.8, 4) is 0 Å². The normalized spacial score (nSPS) is 13.5. The first-order valence-corrected chi connectivity index (χ1v) is 6.74. The fourth-order valence-corrected chi connectivity index (χ4v) is 2.66. The van der Waals surface area contributed by atoms with Crippen molar-refractivity contribution in [2.24, 2.45) is 5.92 Å². The standard InChI is InChI=1S/C6H11O7PS/c7-5(8)1-4(6(9)10)2-15-3-14(11,12)13/h4H,1-3H2,(H,7,8)(H,9,10)(H2,11,12,13). The van der Waals surface area contributed by atoms with Crippen LogP contribution in [0.3, 0.4) is 0 Å². The van der Waals surface area contributed by atoms with Gasteiger partial charge in [0.2, 0.25) is 0 Å². The summed E-state index contributed by atoms with van der Waals surface area (Å²) < 4.78 is 10.4. The molecule has 0 aliphatic carbocycles. The Balaban J connectivity index is 4.03. The Hall–Kier alpha value is -0.560. The third kappa shape index (κ3) is 8.44. The zero-order valence-corrected chi connectivity index (χ0v) is 9.28. The van der Waals surface area contributed by atoms with E-state index in [9.17, 15) is 14.2 Å². The second-order valence-electron chi connectivity index (χ2n) is 2.80. The van der Waals surface area contributed by atoms with Gasteiger partial charge in [-0.15, -0.1) is 11.8 Å². The number of thioether (sulfide) groups is 1. The molecule has 1 unspecified atom stereocenters. The highest BCUT2D eigenvalue weighted by atomic mass is 32.2. The van der Waals surface area contributed by atoms with Gasteiger partial charge < -0.3 is 20.0 Å². The molecule has 1 atom stereocenters. The molecule has 0 aliphatic heterocycles. The molecule has 0 aliphatic rings. The molecule has 0 saturated heterocycles. The second kappa shape index (κ2) is 6.12. The smallest absolute Gasteiger partial charge is 0.335 e. The maximum Gasteiger partial charge on any atom is 0.335 e. The number of aliphatic carboxylic acids is 2. The predicted molar refractivity (Wildman–Crippen MR) is 52.7 cm³/mol. The number of carboxylic acid groups (broad SMARTS) is 2. The summed E-state index contributed by atoms with van der Waals surface area (Å²) >= 11 is 0.731. The Labute approximate surface area is 89.6 Å². The van der Waals surface area contributed by atoms with Crippen LogP contribution in [0.15, 0.2) is 0 Å². The molecule has 0 aromatic carbocycles. The molecule has 0 radical (unpaired) electrons. The van der Waals surface area contributed by atoms with E-state index in [-0.39, 0.29) is 5.75 Å². The quantitative estimate of drug-likeness (QED) is 0.470. The van der Waals surface area contributed by atoms with E-state index in [4.69, 9.17) is 20.0 Å². The monoisotopic (exact) mass is 258 g/mol. The fourth-order valence-electron chi connectivity index (χ4n) is 0.742. The highest BCUT2D eigenvalue weighted by molar-refractivity contribution is 8.04. The molecule has 7 nitrogen and oxygen atoms in total. The summed E-state index contributed by atoms with van der Waals surface area (Å²) in [5.41, 5.74) is -0.504. The van der Waals surface area contributed by atoms with Gasteiger partial charge in [0, 0.05) is 5.75 Å². The Morgan fingerprint density at radius 2 is 1.80 bits per heavy atom. The lowest BCUT2D eigenvalue weighted by atomic mass is 10.1. The van der Waals surface area contributed by atoms with Gasteiger partial charge in [-0.05, 0) is 0 Å². The molecule has 0 amide bonds. The van der Waals surface area contributed by atoms with Crippen LogP contribution in [0.5, 0.6) is 0 Å². The fraction of sp³-hybridized carbons (Fsp3) is 0.667. The van der Waals surface area contributed by atoms with E-state index in [1.165, 1.54) is 0 Å². The van der Waals surface area contributed by atoms with Crippen LogP contribution in [0.25, 0.3) is 0 Å². The van der Waals surface area contributed by atoms with Gasteiger partial charge in [-0.2, -0.15) is 0 Å². The second-order valence-corrected chi connectivity index (χ2v) is 5.90. The first-order chi connectivity index (χ1) is 6.72. The maximum absolute atomic E-state index is 10.5. The summed E-state index contributed by atoms with van der Waals surface area (Å²) in [6, 6.07) is 0. The number of rotatable bonds is 7. The third-order valence-electron chi connectivity index (χ3n) is 1.35. The van der Waals surface area contributed by atoms with Crippen molar-refractivity contribution in [3.05, 3.63) is 0 Å². The predicted octanol–water partition coefficient (Wildman–Crippen LogP) is 0.0303. The summed E-state index contributed by atoms with van der Waals surface area (Å²) in [5, 5.41) is 16.9. The highest BCUT2D eigenvalue weighted by Crippen LogP contribution is 2.39. The van der Waals surface area contributed by atoms with Gasteiger partial charge in [0.05, 0.1) is 17.8 Å². The molecular weight excluding hydrogens is 247 g/mol. The van der Waals surface area contributed by atoms with Crippen LogP contribution in [0.4, 0.5) is 0 Å². The van der Waals surface area contributed by atoms with E-state index in [0.29, 0.717) is 0 Å². The number of carbonyl (C=O) groups is 2. The van der Waals surface area contributed by atoms with Crippen LogP contribution in [-0.2, 0) is 14.2 Å². The zero-order valence-electron chi connectivity index (χ0n) is 7.57. The highest BCUT2D eigenvalue weighted by Gasteiger charge is 2.22. The Kier molecular flexibility index (Phi) is 5.89. The minimum Gasteiger partial charge on any atom is -0.481 e. The van der Waals surface area contributed by atoms with Gasteiger partial charge >= 0.3 is 19.5 Å². The summed E-state index contributed by atoms with van der Waals surface area (Å²) in [4.78, 5) is 37.7. The van der Waals surface area contributed by atoms with Crippen molar-refractivity contribution in [3.63, 3.8) is 0 Å². The summed E-state index contributed by atoms with van der Waals surface area (Å²) in [5.74, 6) is -3.79. The van der Waals surface area contributed by atoms with Crippen molar-refractivity contribution in [2.75, 3.05) is 11.2 Å². The molecule has 0 saturated carbocycles. The topological polar surface area (TPSA) is 132 Å². The average Bonchev–Trinajstić information content (AvgIpc) is 1.99.